The number of pyridine rings is 2. The fourth-order valence-electron chi connectivity index (χ4n) is 9.53. The minimum absolute atomic E-state index is 0.00445. The van der Waals surface area contributed by atoms with Gasteiger partial charge in [-0.05, 0) is 133 Å². The molecule has 11 atom stereocenters. The highest BCUT2D eigenvalue weighted by molar-refractivity contribution is 7.84. The number of hydrogen-bond donors (Lipinski definition) is 7. The van der Waals surface area contributed by atoms with Crippen LogP contribution in [-0.4, -0.2) is 132 Å². The number of fused-ring (bicyclic) bond motifs is 5. The summed E-state index contributed by atoms with van der Waals surface area (Å²) < 4.78 is 27.4. The average Bonchev–Trinajstić information content (AvgIpc) is 3.63. The molecule has 5 bridgehead atoms. The molecule has 3 aliphatic rings. The van der Waals surface area contributed by atoms with Gasteiger partial charge in [0.15, 0.2) is 0 Å². The lowest BCUT2D eigenvalue weighted by Crippen LogP contribution is -2.61. The normalized spacial score (nSPS) is 23.6. The second kappa shape index (κ2) is 29.8. The van der Waals surface area contributed by atoms with E-state index in [-0.39, 0.29) is 64.1 Å². The second-order valence-electron chi connectivity index (χ2n) is 23.9. The number of rotatable bonds is 14. The van der Waals surface area contributed by atoms with Crippen LogP contribution in [0.2, 0.25) is 0 Å². The number of carboxylic acid groups (broad SMARTS) is 1. The third kappa shape index (κ3) is 18.8. The number of carboxylic acids is 1. The number of nitrogens with zero attached hydrogens (tertiary/aromatic N) is 4. The van der Waals surface area contributed by atoms with Crippen LogP contribution in [0, 0.1) is 23.7 Å². The maximum Gasteiger partial charge on any atom is 0.322 e. The van der Waals surface area contributed by atoms with Gasteiger partial charge in [-0.3, -0.25) is 48.8 Å². The SMILES string of the molecule is CC(/C=C/c1ccc2ccc([C@@H](C)N[S@@](=O)C(C)(C)C)nc2c1)CO[C@H](C(=O)N[C@@H](C)C(=O)N1CCC[C@@H](C(=O)O)N1)C(C)C.CC1/C=C/c2ccc3ccc(nc3c2)[C@@H](C)NC(=O)[C@@H]2CCCN(N2)C(=O)[C@H](C)NC(=O)[C@H](C(C)C)OC1. The Morgan fingerprint density at radius 1 is 0.843 bits per heavy atom. The lowest BCUT2D eigenvalue weighted by atomic mass is 10.0. The molecule has 2 saturated heterocycles. The quantitative estimate of drug-likeness (QED) is 0.0657. The van der Waals surface area contributed by atoms with Gasteiger partial charge in [0.2, 0.25) is 17.7 Å². The van der Waals surface area contributed by atoms with Crippen molar-refractivity contribution in [3.05, 3.63) is 95.3 Å². The predicted molar refractivity (Wildman–Crippen MR) is 324 cm³/mol. The summed E-state index contributed by atoms with van der Waals surface area (Å²) in [6, 6.07) is 16.6. The lowest BCUT2D eigenvalue weighted by molar-refractivity contribution is -0.149. The maximum absolute atomic E-state index is 13.1. The summed E-state index contributed by atoms with van der Waals surface area (Å²) in [6.45, 7) is 26.0. The third-order valence-electron chi connectivity index (χ3n) is 14.6. The molecular weight excluding hydrogens is 1080 g/mol. The zero-order chi connectivity index (χ0) is 60.9. The van der Waals surface area contributed by atoms with E-state index in [2.05, 4.69) is 37.6 Å². The zero-order valence-corrected chi connectivity index (χ0v) is 51.3. The number of aliphatic carboxylic acids is 1. The zero-order valence-electron chi connectivity index (χ0n) is 50.5. The Morgan fingerprint density at radius 3 is 2.19 bits per heavy atom. The fourth-order valence-corrected chi connectivity index (χ4v) is 10.3. The van der Waals surface area contributed by atoms with Gasteiger partial charge in [-0.25, -0.2) is 19.8 Å². The van der Waals surface area contributed by atoms with Crippen LogP contribution >= 0.6 is 0 Å². The van der Waals surface area contributed by atoms with Gasteiger partial charge in [0, 0.05) is 23.9 Å². The van der Waals surface area contributed by atoms with Gasteiger partial charge in [-0.2, -0.15) is 0 Å². The first-order valence-electron chi connectivity index (χ1n) is 29.1. The Kier molecular flexibility index (Phi) is 23.6. The number of carbonyl (C=O) groups is 6. The topological polar surface area (TPSA) is 263 Å². The van der Waals surface area contributed by atoms with Crippen LogP contribution < -0.4 is 31.5 Å². The van der Waals surface area contributed by atoms with Gasteiger partial charge in [0.1, 0.15) is 36.4 Å². The first-order chi connectivity index (χ1) is 39.2. The van der Waals surface area contributed by atoms with Crippen LogP contribution in [0.5, 0.6) is 0 Å². The van der Waals surface area contributed by atoms with E-state index in [9.17, 15) is 38.1 Å². The summed E-state index contributed by atoms with van der Waals surface area (Å²) in [7, 11) is -1.21. The molecule has 83 heavy (non-hydrogen) atoms. The highest BCUT2D eigenvalue weighted by atomic mass is 32.2. The molecule has 5 heterocycles. The summed E-state index contributed by atoms with van der Waals surface area (Å²) in [4.78, 5) is 86.2. The Balaban J connectivity index is 0.000000270. The van der Waals surface area contributed by atoms with Crippen LogP contribution in [0.3, 0.4) is 0 Å². The summed E-state index contributed by atoms with van der Waals surface area (Å²) >= 11 is 0. The largest absolute Gasteiger partial charge is 0.480 e. The van der Waals surface area contributed by atoms with Crippen molar-refractivity contribution in [2.45, 2.75) is 169 Å². The van der Waals surface area contributed by atoms with E-state index in [1.165, 1.54) is 10.0 Å². The van der Waals surface area contributed by atoms with Crippen LogP contribution in [0.4, 0.5) is 0 Å². The highest BCUT2D eigenvalue weighted by Crippen LogP contribution is 2.24. The molecule has 7 rings (SSSR count). The monoisotopic (exact) mass is 1160 g/mol. The molecule has 2 aromatic heterocycles. The lowest BCUT2D eigenvalue weighted by Gasteiger charge is -2.35. The van der Waals surface area contributed by atoms with Crippen molar-refractivity contribution in [3.8, 4) is 0 Å². The van der Waals surface area contributed by atoms with E-state index in [0.717, 1.165) is 44.3 Å². The Labute approximate surface area is 491 Å². The molecular formula is C62H88N10O10S. The molecule has 7 N–H and O–H groups in total. The first kappa shape index (κ1) is 65.7. The number of nitrogens with one attached hydrogen (secondary N) is 6. The number of hydrogen-bond acceptors (Lipinski definition) is 13. The van der Waals surface area contributed by atoms with Crippen molar-refractivity contribution in [1.82, 2.24) is 51.5 Å². The Morgan fingerprint density at radius 2 is 1.51 bits per heavy atom. The number of ether oxygens (including phenoxy) is 2. The van der Waals surface area contributed by atoms with E-state index in [4.69, 9.17) is 19.4 Å². The van der Waals surface area contributed by atoms with Crippen molar-refractivity contribution in [3.63, 3.8) is 0 Å². The Bertz CT molecular complexity index is 3020. The number of carbonyl (C=O) groups excluding carboxylic acids is 5. The highest BCUT2D eigenvalue weighted by Gasteiger charge is 2.35. The summed E-state index contributed by atoms with van der Waals surface area (Å²) in [6.07, 6.45) is 8.93. The Hall–Kier alpha value is -6.49. The van der Waals surface area contributed by atoms with Crippen LogP contribution in [0.1, 0.15) is 150 Å². The van der Waals surface area contributed by atoms with Gasteiger partial charge in [0.05, 0.1) is 63.5 Å². The third-order valence-corrected chi connectivity index (χ3v) is 16.3. The number of aromatic nitrogens is 2. The molecule has 5 amide bonds. The molecule has 0 saturated carbocycles. The van der Waals surface area contributed by atoms with Gasteiger partial charge in [0.25, 0.3) is 11.8 Å². The van der Waals surface area contributed by atoms with Crippen LogP contribution in [-0.2, 0) is 49.2 Å². The standard InChI is InChI=1S/C33H49N5O6S.C29H39N5O4/c1-20(2)29(30(39)34-23(5)31(40)38-17-9-10-27(36-38)32(41)42)44-19-21(3)11-12-24-13-14-25-15-16-26(35-28(25)18-24)22(4)37-45(43)33(6,7)8;1-17(2)26-28(36)31-20(5)29(37)34-14-6-7-24(33-34)27(35)30-19(4)23-13-12-22-11-10-21(15-25(22)32-23)9-8-18(3)16-38-26/h11-16,18,20-23,27,29,36-37H,9-10,17,19H2,1-8H3,(H,34,39)(H,41,42);8-13,15,17-20,24,26,33H,6-7,14,16H2,1-5H3,(H,30,35)(H,31,36)/b12-11+;9-8+/t21?,22-,23+,27+,29+,45+;18?,19-,20+,24+,26+/m11/s1. The van der Waals surface area contributed by atoms with Gasteiger partial charge in [-0.15, -0.1) is 0 Å². The van der Waals surface area contributed by atoms with Crippen molar-refractivity contribution in [2.75, 3.05) is 26.3 Å². The molecule has 452 valence electrons. The molecule has 0 aliphatic carbocycles. The summed E-state index contributed by atoms with van der Waals surface area (Å²) in [5.74, 6) is -2.74. The predicted octanol–water partition coefficient (Wildman–Crippen LogP) is 7.24. The summed E-state index contributed by atoms with van der Waals surface area (Å²) in [5, 5.41) is 22.6. The molecule has 3 aliphatic heterocycles. The minimum Gasteiger partial charge on any atom is -0.480 e. The van der Waals surface area contributed by atoms with Gasteiger partial charge >= 0.3 is 5.97 Å². The number of benzene rings is 2. The molecule has 2 aromatic carbocycles. The van der Waals surface area contributed by atoms with Gasteiger partial charge in [-0.1, -0.05) is 102 Å². The van der Waals surface area contributed by atoms with Crippen LogP contribution in [0.15, 0.2) is 72.8 Å². The average molecular weight is 1170 g/mol. The number of hydrazine groups is 2. The van der Waals surface area contributed by atoms with E-state index in [0.29, 0.717) is 52.0 Å². The molecule has 2 unspecified atom stereocenters. The van der Waals surface area contributed by atoms with E-state index in [1.807, 2.05) is 155 Å². The van der Waals surface area contributed by atoms with Gasteiger partial charge < -0.3 is 30.5 Å². The number of amides is 5. The second-order valence-corrected chi connectivity index (χ2v) is 25.9. The molecule has 0 spiro atoms. The first-order valence-corrected chi connectivity index (χ1v) is 30.2. The molecule has 4 aromatic rings. The van der Waals surface area contributed by atoms with E-state index < -0.39 is 59.2 Å². The molecule has 2 fully saturated rings. The van der Waals surface area contributed by atoms with Crippen molar-refractivity contribution in [1.29, 1.82) is 0 Å². The molecule has 0 radical (unpaired) electrons. The molecule has 21 heteroatoms. The van der Waals surface area contributed by atoms with Crippen molar-refractivity contribution < 1.29 is 47.6 Å². The maximum atomic E-state index is 13.1. The van der Waals surface area contributed by atoms with Crippen LogP contribution in [0.25, 0.3) is 34.0 Å². The minimum atomic E-state index is -1.21. The van der Waals surface area contributed by atoms with Crippen molar-refractivity contribution in [2.24, 2.45) is 23.7 Å². The van der Waals surface area contributed by atoms with E-state index >= 15 is 0 Å². The van der Waals surface area contributed by atoms with E-state index in [1.54, 1.807) is 13.8 Å². The summed E-state index contributed by atoms with van der Waals surface area (Å²) in [5.41, 5.74) is 11.0. The smallest absolute Gasteiger partial charge is 0.322 e. The van der Waals surface area contributed by atoms with Crippen molar-refractivity contribution >= 4 is 80.4 Å². The fraction of sp³-hybridized carbons (Fsp3) is 0.548. The molecule has 20 nitrogen and oxygen atoms in total.